The Balaban J connectivity index is 1.51. The number of imidazole rings is 1. The summed E-state index contributed by atoms with van der Waals surface area (Å²) < 4.78 is 29.0. The molecular formula is C23H23F2N9O. The lowest BCUT2D eigenvalue weighted by molar-refractivity contribution is 0.102. The SMILES string of the molecule is NC1CCC(Nc2cc(Nc3cccc(F)n3)c3ncc(C(=O)Nc4ccncc4F)n3n2)CC1. The van der Waals surface area contributed by atoms with Gasteiger partial charge in [0, 0.05) is 24.3 Å². The molecule has 10 nitrogen and oxygen atoms in total. The lowest BCUT2D eigenvalue weighted by Gasteiger charge is -2.27. The van der Waals surface area contributed by atoms with Gasteiger partial charge in [-0.3, -0.25) is 9.78 Å². The molecule has 4 aromatic heterocycles. The van der Waals surface area contributed by atoms with Crippen LogP contribution in [-0.2, 0) is 0 Å². The Morgan fingerprint density at radius 2 is 1.89 bits per heavy atom. The molecule has 1 saturated carbocycles. The fourth-order valence-corrected chi connectivity index (χ4v) is 4.04. The second-order valence-electron chi connectivity index (χ2n) is 8.36. The van der Waals surface area contributed by atoms with Crippen molar-refractivity contribution in [1.82, 2.24) is 24.6 Å². The molecule has 5 rings (SSSR count). The summed E-state index contributed by atoms with van der Waals surface area (Å²) in [4.78, 5) is 24.8. The summed E-state index contributed by atoms with van der Waals surface area (Å²) >= 11 is 0. The topological polar surface area (TPSA) is 135 Å². The normalized spacial score (nSPS) is 17.8. The molecule has 0 spiro atoms. The van der Waals surface area contributed by atoms with Crippen LogP contribution in [0, 0.1) is 11.8 Å². The monoisotopic (exact) mass is 479 g/mol. The molecule has 0 bridgehead atoms. The van der Waals surface area contributed by atoms with Crippen LogP contribution in [0.3, 0.4) is 0 Å². The van der Waals surface area contributed by atoms with E-state index in [1.54, 1.807) is 12.1 Å². The fourth-order valence-electron chi connectivity index (χ4n) is 4.04. The van der Waals surface area contributed by atoms with Crippen molar-refractivity contribution in [3.8, 4) is 0 Å². The van der Waals surface area contributed by atoms with Gasteiger partial charge >= 0.3 is 0 Å². The molecule has 4 aromatic rings. The molecule has 0 aliphatic heterocycles. The van der Waals surface area contributed by atoms with Crippen molar-refractivity contribution in [3.05, 3.63) is 66.4 Å². The maximum absolute atomic E-state index is 14.0. The van der Waals surface area contributed by atoms with Crippen LogP contribution in [-0.4, -0.2) is 42.6 Å². The Bertz CT molecular complexity index is 1370. The van der Waals surface area contributed by atoms with Gasteiger partial charge in [0.25, 0.3) is 5.91 Å². The molecule has 5 N–H and O–H groups in total. The Hall–Kier alpha value is -4.19. The number of halogens is 2. The first kappa shape index (κ1) is 22.6. The van der Waals surface area contributed by atoms with Crippen molar-refractivity contribution in [2.45, 2.75) is 37.8 Å². The minimum absolute atomic E-state index is 0.0184. The number of nitrogens with two attached hydrogens (primary N) is 1. The smallest absolute Gasteiger partial charge is 0.276 e. The molecule has 1 aliphatic carbocycles. The number of fused-ring (bicyclic) bond motifs is 1. The molecule has 0 atom stereocenters. The first-order valence-corrected chi connectivity index (χ1v) is 11.2. The molecule has 0 unspecified atom stereocenters. The molecule has 0 saturated heterocycles. The van der Waals surface area contributed by atoms with Crippen molar-refractivity contribution in [1.29, 1.82) is 0 Å². The summed E-state index contributed by atoms with van der Waals surface area (Å²) in [5, 5.41) is 13.5. The third kappa shape index (κ3) is 5.01. The largest absolute Gasteiger partial charge is 0.366 e. The molecular weight excluding hydrogens is 456 g/mol. The Morgan fingerprint density at radius 3 is 2.66 bits per heavy atom. The second-order valence-corrected chi connectivity index (χ2v) is 8.36. The quantitative estimate of drug-likeness (QED) is 0.309. The summed E-state index contributed by atoms with van der Waals surface area (Å²) in [6, 6.07) is 7.81. The number of aromatic nitrogens is 5. The van der Waals surface area contributed by atoms with E-state index in [0.29, 0.717) is 17.2 Å². The standard InChI is InChI=1S/C23H23F2N9O/c24-15-11-27-9-8-16(15)31-23(35)18-12-28-22-17(30-20-3-1-2-19(25)32-20)10-21(33-34(18)22)29-14-6-4-13(26)5-7-14/h1-3,8-14H,4-7,26H2,(H,29,33)(H,30,32)(H,27,31,35). The zero-order valence-electron chi connectivity index (χ0n) is 18.6. The number of nitrogens with zero attached hydrogens (tertiary/aromatic N) is 5. The highest BCUT2D eigenvalue weighted by atomic mass is 19.1. The first-order valence-electron chi connectivity index (χ1n) is 11.2. The van der Waals surface area contributed by atoms with Crippen LogP contribution in [0.15, 0.2) is 48.9 Å². The van der Waals surface area contributed by atoms with E-state index in [-0.39, 0.29) is 29.3 Å². The Morgan fingerprint density at radius 1 is 1.06 bits per heavy atom. The van der Waals surface area contributed by atoms with E-state index in [9.17, 15) is 13.6 Å². The summed E-state index contributed by atoms with van der Waals surface area (Å²) in [5.74, 6) is -1.16. The van der Waals surface area contributed by atoms with Gasteiger partial charge in [0.1, 0.15) is 11.6 Å². The van der Waals surface area contributed by atoms with Crippen LogP contribution >= 0.6 is 0 Å². The van der Waals surface area contributed by atoms with E-state index in [0.717, 1.165) is 31.9 Å². The number of amides is 1. The van der Waals surface area contributed by atoms with Crippen molar-refractivity contribution < 1.29 is 13.6 Å². The number of anilines is 4. The molecule has 1 amide bonds. The molecule has 180 valence electrons. The van der Waals surface area contributed by atoms with E-state index in [2.05, 4.69) is 36.0 Å². The Kier molecular flexibility index (Phi) is 6.19. The lowest BCUT2D eigenvalue weighted by atomic mass is 9.92. The average molecular weight is 479 g/mol. The molecule has 0 radical (unpaired) electrons. The molecule has 1 fully saturated rings. The van der Waals surface area contributed by atoms with Crippen molar-refractivity contribution in [3.63, 3.8) is 0 Å². The van der Waals surface area contributed by atoms with Crippen LogP contribution in [0.1, 0.15) is 36.2 Å². The summed E-state index contributed by atoms with van der Waals surface area (Å²) in [5.41, 5.74) is 6.86. The summed E-state index contributed by atoms with van der Waals surface area (Å²) in [6.07, 6.45) is 7.28. The number of hydrogen-bond acceptors (Lipinski definition) is 8. The maximum Gasteiger partial charge on any atom is 0.276 e. The number of pyridine rings is 2. The van der Waals surface area contributed by atoms with Crippen molar-refractivity contribution >= 4 is 34.6 Å². The third-order valence-electron chi connectivity index (χ3n) is 5.82. The van der Waals surface area contributed by atoms with Crippen LogP contribution in [0.25, 0.3) is 5.65 Å². The molecule has 0 aromatic carbocycles. The minimum Gasteiger partial charge on any atom is -0.366 e. The van der Waals surface area contributed by atoms with E-state index in [4.69, 9.17) is 5.73 Å². The zero-order chi connectivity index (χ0) is 24.4. The van der Waals surface area contributed by atoms with Gasteiger partial charge in [-0.05, 0) is 43.9 Å². The Labute approximate surface area is 199 Å². The number of carbonyl (C=O) groups is 1. The molecule has 35 heavy (non-hydrogen) atoms. The first-order chi connectivity index (χ1) is 17.0. The van der Waals surface area contributed by atoms with Gasteiger partial charge in [0.2, 0.25) is 5.95 Å². The minimum atomic E-state index is -0.667. The van der Waals surface area contributed by atoms with Crippen LogP contribution < -0.4 is 21.7 Å². The van der Waals surface area contributed by atoms with E-state index in [1.807, 2.05) is 0 Å². The second kappa shape index (κ2) is 9.58. The van der Waals surface area contributed by atoms with Gasteiger partial charge in [-0.2, -0.15) is 4.39 Å². The van der Waals surface area contributed by atoms with Crippen LogP contribution in [0.2, 0.25) is 0 Å². The van der Waals surface area contributed by atoms with Gasteiger partial charge < -0.3 is 21.7 Å². The zero-order valence-corrected chi connectivity index (χ0v) is 18.6. The predicted molar refractivity (Wildman–Crippen MR) is 126 cm³/mol. The average Bonchev–Trinajstić information content (AvgIpc) is 3.27. The highest BCUT2D eigenvalue weighted by molar-refractivity contribution is 6.03. The summed E-state index contributed by atoms with van der Waals surface area (Å²) in [6.45, 7) is 0. The van der Waals surface area contributed by atoms with Gasteiger partial charge in [-0.15, -0.1) is 5.10 Å². The molecule has 12 heteroatoms. The number of carbonyl (C=O) groups excluding carboxylic acids is 1. The number of nitrogens with one attached hydrogen (secondary N) is 3. The summed E-state index contributed by atoms with van der Waals surface area (Å²) in [7, 11) is 0. The lowest BCUT2D eigenvalue weighted by Crippen LogP contribution is -2.33. The van der Waals surface area contributed by atoms with Gasteiger partial charge in [0.05, 0.1) is 23.8 Å². The van der Waals surface area contributed by atoms with Crippen LogP contribution in [0.4, 0.5) is 31.8 Å². The highest BCUT2D eigenvalue weighted by Crippen LogP contribution is 2.27. The van der Waals surface area contributed by atoms with Gasteiger partial charge in [-0.25, -0.2) is 18.9 Å². The van der Waals surface area contributed by atoms with Crippen molar-refractivity contribution in [2.24, 2.45) is 5.73 Å². The number of hydrogen-bond donors (Lipinski definition) is 4. The predicted octanol–water partition coefficient (Wildman–Crippen LogP) is 3.48. The maximum atomic E-state index is 14.0. The van der Waals surface area contributed by atoms with Crippen molar-refractivity contribution in [2.75, 3.05) is 16.0 Å². The van der Waals surface area contributed by atoms with E-state index < -0.39 is 17.7 Å². The van der Waals surface area contributed by atoms with Crippen LogP contribution in [0.5, 0.6) is 0 Å². The fraction of sp³-hybridized carbons (Fsp3) is 0.261. The highest BCUT2D eigenvalue weighted by Gasteiger charge is 2.22. The number of rotatable bonds is 6. The van der Waals surface area contributed by atoms with E-state index >= 15 is 0 Å². The third-order valence-corrected chi connectivity index (χ3v) is 5.82. The molecule has 4 heterocycles. The molecule has 1 aliphatic rings. The van der Waals surface area contributed by atoms with E-state index in [1.165, 1.54) is 35.1 Å². The van der Waals surface area contributed by atoms with Gasteiger partial charge in [-0.1, -0.05) is 6.07 Å². The van der Waals surface area contributed by atoms with Gasteiger partial charge in [0.15, 0.2) is 17.2 Å².